The van der Waals surface area contributed by atoms with Gasteiger partial charge in [-0.2, -0.15) is 4.98 Å². The summed E-state index contributed by atoms with van der Waals surface area (Å²) in [6.45, 7) is 9.19. The molecular weight excluding hydrogens is 274 g/mol. The van der Waals surface area contributed by atoms with E-state index in [9.17, 15) is 9.90 Å². The second-order valence-electron chi connectivity index (χ2n) is 6.36. The van der Waals surface area contributed by atoms with Gasteiger partial charge >= 0.3 is 5.97 Å². The second-order valence-corrected chi connectivity index (χ2v) is 6.36. The van der Waals surface area contributed by atoms with E-state index in [1.165, 1.54) is 0 Å². The first-order valence-electron chi connectivity index (χ1n) is 7.35. The second kappa shape index (κ2) is 5.06. The number of rotatable bonds is 4. The third-order valence-corrected chi connectivity index (χ3v) is 4.70. The van der Waals surface area contributed by atoms with E-state index in [2.05, 4.69) is 22.0 Å². The highest BCUT2D eigenvalue weighted by atomic mass is 16.5. The molecule has 1 aromatic rings. The van der Waals surface area contributed by atoms with E-state index in [0.29, 0.717) is 18.3 Å². The lowest BCUT2D eigenvalue weighted by Gasteiger charge is -2.30. The highest BCUT2D eigenvalue weighted by Gasteiger charge is 2.65. The maximum atomic E-state index is 11.2. The van der Waals surface area contributed by atoms with Crippen molar-refractivity contribution in [1.82, 2.24) is 15.0 Å². The molecule has 116 valence electrons. The SMILES string of the molecule is CCN1CCOC(c2noc(C3C(C(=O)O)C3(C)C)n2)C1. The fourth-order valence-corrected chi connectivity index (χ4v) is 3.21. The summed E-state index contributed by atoms with van der Waals surface area (Å²) in [7, 11) is 0. The lowest BCUT2D eigenvalue weighted by atomic mass is 10.1. The Balaban J connectivity index is 1.74. The van der Waals surface area contributed by atoms with Gasteiger partial charge < -0.3 is 14.4 Å². The van der Waals surface area contributed by atoms with Crippen LogP contribution in [0.1, 0.15) is 44.5 Å². The minimum absolute atomic E-state index is 0.193. The number of hydrogen-bond acceptors (Lipinski definition) is 6. The molecule has 0 amide bonds. The topological polar surface area (TPSA) is 88.7 Å². The van der Waals surface area contributed by atoms with Crippen LogP contribution in [0.2, 0.25) is 0 Å². The highest BCUT2D eigenvalue weighted by Crippen LogP contribution is 2.64. The van der Waals surface area contributed by atoms with Gasteiger partial charge in [-0.25, -0.2) is 0 Å². The molecule has 7 nitrogen and oxygen atoms in total. The molecule has 1 saturated heterocycles. The normalized spacial score (nSPS) is 32.0. The van der Waals surface area contributed by atoms with E-state index in [4.69, 9.17) is 9.26 Å². The summed E-state index contributed by atoms with van der Waals surface area (Å²) in [5, 5.41) is 13.2. The molecule has 3 unspecified atom stereocenters. The zero-order valence-corrected chi connectivity index (χ0v) is 12.6. The molecule has 21 heavy (non-hydrogen) atoms. The molecule has 2 aliphatic rings. The average Bonchev–Trinajstić information content (AvgIpc) is 2.84. The predicted molar refractivity (Wildman–Crippen MR) is 72.8 cm³/mol. The summed E-state index contributed by atoms with van der Waals surface area (Å²) in [4.78, 5) is 17.9. The number of nitrogens with zero attached hydrogens (tertiary/aromatic N) is 3. The van der Waals surface area contributed by atoms with Gasteiger partial charge in [0.05, 0.1) is 18.4 Å². The van der Waals surface area contributed by atoms with Crippen molar-refractivity contribution in [3.8, 4) is 0 Å². The first-order chi connectivity index (χ1) is 9.95. The molecule has 2 heterocycles. The van der Waals surface area contributed by atoms with Crippen LogP contribution in [0.25, 0.3) is 0 Å². The average molecular weight is 295 g/mol. The molecule has 7 heteroatoms. The zero-order valence-electron chi connectivity index (χ0n) is 12.6. The number of carbonyl (C=O) groups is 1. The van der Waals surface area contributed by atoms with Crippen LogP contribution in [0.4, 0.5) is 0 Å². The van der Waals surface area contributed by atoms with Crippen LogP contribution in [0.15, 0.2) is 4.52 Å². The Hall–Kier alpha value is -1.47. The largest absolute Gasteiger partial charge is 0.481 e. The highest BCUT2D eigenvalue weighted by molar-refractivity contribution is 5.77. The number of aliphatic carboxylic acids is 1. The summed E-state index contributed by atoms with van der Waals surface area (Å²) < 4.78 is 11.0. The maximum absolute atomic E-state index is 11.2. The Labute approximate surface area is 123 Å². The summed E-state index contributed by atoms with van der Waals surface area (Å²) in [6, 6.07) is 0. The van der Waals surface area contributed by atoms with Crippen molar-refractivity contribution < 1.29 is 19.2 Å². The van der Waals surface area contributed by atoms with Crippen LogP contribution < -0.4 is 0 Å². The van der Waals surface area contributed by atoms with Gasteiger partial charge in [-0.15, -0.1) is 0 Å². The van der Waals surface area contributed by atoms with E-state index >= 15 is 0 Å². The van der Waals surface area contributed by atoms with Gasteiger partial charge in [0.2, 0.25) is 11.7 Å². The van der Waals surface area contributed by atoms with Crippen LogP contribution >= 0.6 is 0 Å². The molecule has 2 fully saturated rings. The monoisotopic (exact) mass is 295 g/mol. The lowest BCUT2D eigenvalue weighted by molar-refractivity contribution is -0.139. The molecule has 1 saturated carbocycles. The van der Waals surface area contributed by atoms with Crippen LogP contribution in [0, 0.1) is 11.3 Å². The molecule has 0 aromatic carbocycles. The lowest BCUT2D eigenvalue weighted by Crippen LogP contribution is -2.38. The van der Waals surface area contributed by atoms with Gasteiger partial charge in [0.25, 0.3) is 0 Å². The molecule has 1 aromatic heterocycles. The fraction of sp³-hybridized carbons (Fsp3) is 0.786. The number of hydrogen-bond donors (Lipinski definition) is 1. The molecule has 0 radical (unpaired) electrons. The molecule has 0 bridgehead atoms. The minimum Gasteiger partial charge on any atom is -0.481 e. The Morgan fingerprint density at radius 1 is 1.52 bits per heavy atom. The standard InChI is InChI=1S/C14H21N3O4/c1-4-17-5-6-20-8(7-17)11-15-12(21-16-11)9-10(13(18)19)14(9,2)3/h8-10H,4-7H2,1-3H3,(H,18,19). The molecular formula is C14H21N3O4. The third kappa shape index (κ3) is 2.44. The Kier molecular flexibility index (Phi) is 3.49. The maximum Gasteiger partial charge on any atom is 0.307 e. The van der Waals surface area contributed by atoms with Gasteiger partial charge in [-0.05, 0) is 12.0 Å². The molecule has 3 atom stereocenters. The van der Waals surface area contributed by atoms with E-state index in [1.807, 2.05) is 13.8 Å². The van der Waals surface area contributed by atoms with Crippen molar-refractivity contribution in [3.05, 3.63) is 11.7 Å². The van der Waals surface area contributed by atoms with Gasteiger partial charge in [0.15, 0.2) is 0 Å². The van der Waals surface area contributed by atoms with E-state index in [1.54, 1.807) is 0 Å². The van der Waals surface area contributed by atoms with Crippen molar-refractivity contribution in [2.45, 2.75) is 32.8 Å². The Morgan fingerprint density at radius 2 is 2.29 bits per heavy atom. The van der Waals surface area contributed by atoms with Crippen molar-refractivity contribution >= 4 is 5.97 Å². The van der Waals surface area contributed by atoms with E-state index in [-0.39, 0.29) is 17.4 Å². The minimum atomic E-state index is -0.809. The Morgan fingerprint density at radius 3 is 2.90 bits per heavy atom. The molecule has 3 rings (SSSR count). The van der Waals surface area contributed by atoms with E-state index in [0.717, 1.165) is 19.6 Å². The smallest absolute Gasteiger partial charge is 0.307 e. The van der Waals surface area contributed by atoms with E-state index < -0.39 is 11.9 Å². The van der Waals surface area contributed by atoms with Crippen LogP contribution in [0.3, 0.4) is 0 Å². The van der Waals surface area contributed by atoms with Crippen LogP contribution in [0.5, 0.6) is 0 Å². The molecule has 0 spiro atoms. The number of likely N-dealkylation sites (N-methyl/N-ethyl adjacent to an activating group) is 1. The quantitative estimate of drug-likeness (QED) is 0.895. The first-order valence-corrected chi connectivity index (χ1v) is 7.35. The van der Waals surface area contributed by atoms with Crippen molar-refractivity contribution in [1.29, 1.82) is 0 Å². The zero-order chi connectivity index (χ0) is 15.2. The summed E-state index contributed by atoms with van der Waals surface area (Å²) in [6.07, 6.45) is -0.193. The van der Waals surface area contributed by atoms with Gasteiger partial charge in [-0.3, -0.25) is 9.69 Å². The van der Waals surface area contributed by atoms with Gasteiger partial charge in [0, 0.05) is 13.1 Å². The van der Waals surface area contributed by atoms with Crippen LogP contribution in [-0.4, -0.2) is 52.4 Å². The van der Waals surface area contributed by atoms with Crippen molar-refractivity contribution in [2.24, 2.45) is 11.3 Å². The third-order valence-electron chi connectivity index (χ3n) is 4.70. The number of aromatic nitrogens is 2. The molecule has 1 aliphatic carbocycles. The number of carboxylic acids is 1. The molecule has 1 aliphatic heterocycles. The fourth-order valence-electron chi connectivity index (χ4n) is 3.21. The number of carboxylic acid groups (broad SMARTS) is 1. The summed E-state index contributed by atoms with van der Waals surface area (Å²) >= 11 is 0. The summed E-state index contributed by atoms with van der Waals surface area (Å²) in [5.41, 5.74) is -0.335. The van der Waals surface area contributed by atoms with Crippen molar-refractivity contribution in [2.75, 3.05) is 26.2 Å². The van der Waals surface area contributed by atoms with Crippen molar-refractivity contribution in [3.63, 3.8) is 0 Å². The van der Waals surface area contributed by atoms with Gasteiger partial charge in [-0.1, -0.05) is 25.9 Å². The Bertz CT molecular complexity index is 542. The summed E-state index contributed by atoms with van der Waals surface area (Å²) in [5.74, 6) is -0.530. The number of ether oxygens (including phenoxy) is 1. The predicted octanol–water partition coefficient (Wildman–Crippen LogP) is 1.29. The van der Waals surface area contributed by atoms with Crippen LogP contribution in [-0.2, 0) is 9.53 Å². The number of morpholine rings is 1. The first kappa shape index (κ1) is 14.5. The molecule has 1 N–H and O–H groups in total. The van der Waals surface area contributed by atoms with Gasteiger partial charge in [0.1, 0.15) is 6.10 Å².